The van der Waals surface area contributed by atoms with Crippen molar-refractivity contribution in [1.29, 1.82) is 0 Å². The van der Waals surface area contributed by atoms with Crippen LogP contribution in [0.15, 0.2) is 48.5 Å². The highest BCUT2D eigenvalue weighted by Gasteiger charge is 2.19. The van der Waals surface area contributed by atoms with Crippen LogP contribution in [0.2, 0.25) is 0 Å². The predicted octanol–water partition coefficient (Wildman–Crippen LogP) is 3.52. The first-order chi connectivity index (χ1) is 10.1. The van der Waals surface area contributed by atoms with Crippen LogP contribution in [0.5, 0.6) is 0 Å². The lowest BCUT2D eigenvalue weighted by Crippen LogP contribution is -2.26. The van der Waals surface area contributed by atoms with Gasteiger partial charge >= 0.3 is 5.97 Å². The van der Waals surface area contributed by atoms with Gasteiger partial charge in [0.2, 0.25) is 0 Å². The van der Waals surface area contributed by atoms with Crippen LogP contribution in [0, 0.1) is 13.8 Å². The summed E-state index contributed by atoms with van der Waals surface area (Å²) in [4.78, 5) is 11.4. The van der Waals surface area contributed by atoms with E-state index in [0.717, 1.165) is 16.7 Å². The van der Waals surface area contributed by atoms with E-state index in [2.05, 4.69) is 6.07 Å². The summed E-state index contributed by atoms with van der Waals surface area (Å²) in [7, 11) is 0. The molecular weight excluding hydrogens is 264 g/mol. The van der Waals surface area contributed by atoms with Gasteiger partial charge in [-0.3, -0.25) is 0 Å². The Hall–Kier alpha value is -2.13. The highest BCUT2D eigenvalue weighted by atomic mass is 16.5. The lowest BCUT2D eigenvalue weighted by atomic mass is 10.0. The van der Waals surface area contributed by atoms with Gasteiger partial charge in [0, 0.05) is 6.42 Å². The Morgan fingerprint density at radius 2 is 1.86 bits per heavy atom. The van der Waals surface area contributed by atoms with Gasteiger partial charge in [0.05, 0.1) is 6.61 Å². The molecule has 3 nitrogen and oxygen atoms in total. The normalized spacial score (nSPS) is 12.1. The average Bonchev–Trinajstić information content (AvgIpc) is 2.46. The third-order valence-electron chi connectivity index (χ3n) is 3.47. The molecule has 0 fully saturated rings. The number of hydrogen-bond donors (Lipinski definition) is 1. The van der Waals surface area contributed by atoms with Gasteiger partial charge in [-0.2, -0.15) is 0 Å². The first-order valence-corrected chi connectivity index (χ1v) is 7.00. The molecule has 0 unspecified atom stereocenters. The van der Waals surface area contributed by atoms with Crippen molar-refractivity contribution < 1.29 is 14.6 Å². The first kappa shape index (κ1) is 15.3. The molecule has 0 aliphatic rings. The maximum atomic E-state index is 11.4. The topological polar surface area (TPSA) is 46.5 Å². The van der Waals surface area contributed by atoms with Gasteiger partial charge in [-0.1, -0.05) is 54.1 Å². The lowest BCUT2D eigenvalue weighted by Gasteiger charge is -2.15. The Bertz CT molecular complexity index is 605. The summed E-state index contributed by atoms with van der Waals surface area (Å²) in [6.07, 6.45) is -0.444. The van der Waals surface area contributed by atoms with Crippen molar-refractivity contribution in [2.24, 2.45) is 0 Å². The second-order valence-corrected chi connectivity index (χ2v) is 5.26. The molecule has 1 N–H and O–H groups in total. The molecule has 0 spiro atoms. The zero-order chi connectivity index (χ0) is 15.2. The Labute approximate surface area is 125 Å². The molecule has 0 saturated carbocycles. The highest BCUT2D eigenvalue weighted by Crippen LogP contribution is 2.15. The fourth-order valence-electron chi connectivity index (χ4n) is 2.26. The molecule has 2 aromatic rings. The van der Waals surface area contributed by atoms with Gasteiger partial charge in [-0.25, -0.2) is 4.79 Å². The Morgan fingerprint density at radius 3 is 2.48 bits per heavy atom. The largest absolute Gasteiger partial charge is 0.479 e. The van der Waals surface area contributed by atoms with E-state index in [-0.39, 0.29) is 0 Å². The van der Waals surface area contributed by atoms with E-state index in [0.29, 0.717) is 13.0 Å². The zero-order valence-corrected chi connectivity index (χ0v) is 12.4. The van der Waals surface area contributed by atoms with Gasteiger partial charge < -0.3 is 9.84 Å². The summed E-state index contributed by atoms with van der Waals surface area (Å²) in [5.74, 6) is -0.925. The SMILES string of the molecule is Cc1ccc(C[C@@H](OCc2ccccc2)C(=O)O)c(C)c1. The van der Waals surface area contributed by atoms with Gasteiger partial charge in [0.25, 0.3) is 0 Å². The van der Waals surface area contributed by atoms with E-state index in [1.54, 1.807) is 0 Å². The molecule has 2 rings (SSSR count). The van der Waals surface area contributed by atoms with E-state index < -0.39 is 12.1 Å². The second-order valence-electron chi connectivity index (χ2n) is 5.26. The Kier molecular flexibility index (Phi) is 5.12. The number of carboxylic acid groups (broad SMARTS) is 1. The predicted molar refractivity (Wildman–Crippen MR) is 82.3 cm³/mol. The Morgan fingerprint density at radius 1 is 1.14 bits per heavy atom. The third kappa shape index (κ3) is 4.43. The smallest absolute Gasteiger partial charge is 0.333 e. The Balaban J connectivity index is 2.04. The maximum absolute atomic E-state index is 11.4. The number of ether oxygens (including phenoxy) is 1. The fourth-order valence-corrected chi connectivity index (χ4v) is 2.26. The van der Waals surface area contributed by atoms with E-state index in [4.69, 9.17) is 4.74 Å². The van der Waals surface area contributed by atoms with Crippen molar-refractivity contribution in [2.75, 3.05) is 0 Å². The molecule has 0 radical (unpaired) electrons. The molecule has 110 valence electrons. The van der Waals surface area contributed by atoms with Gasteiger partial charge in [0.15, 0.2) is 6.10 Å². The summed E-state index contributed by atoms with van der Waals surface area (Å²) in [5.41, 5.74) is 4.27. The van der Waals surface area contributed by atoms with E-state index in [9.17, 15) is 9.90 Å². The molecule has 0 bridgehead atoms. The molecule has 21 heavy (non-hydrogen) atoms. The van der Waals surface area contributed by atoms with Crippen molar-refractivity contribution in [1.82, 2.24) is 0 Å². The minimum absolute atomic E-state index is 0.308. The molecule has 0 heterocycles. The van der Waals surface area contributed by atoms with Crippen LogP contribution in [0.3, 0.4) is 0 Å². The van der Waals surface area contributed by atoms with Crippen LogP contribution < -0.4 is 0 Å². The summed E-state index contributed by atoms with van der Waals surface area (Å²) in [5, 5.41) is 9.33. The number of carbonyl (C=O) groups is 1. The minimum Gasteiger partial charge on any atom is -0.479 e. The number of rotatable bonds is 6. The van der Waals surface area contributed by atoms with E-state index >= 15 is 0 Å². The van der Waals surface area contributed by atoms with Crippen LogP contribution in [-0.2, 0) is 22.6 Å². The number of aliphatic carboxylic acids is 1. The van der Waals surface area contributed by atoms with Gasteiger partial charge in [0.1, 0.15) is 0 Å². The minimum atomic E-state index is -0.925. The van der Waals surface area contributed by atoms with Crippen molar-refractivity contribution >= 4 is 5.97 Å². The lowest BCUT2D eigenvalue weighted by molar-refractivity contribution is -0.151. The molecule has 2 aromatic carbocycles. The first-order valence-electron chi connectivity index (χ1n) is 7.00. The highest BCUT2D eigenvalue weighted by molar-refractivity contribution is 5.72. The molecular formula is C18H20O3. The average molecular weight is 284 g/mol. The van der Waals surface area contributed by atoms with Crippen molar-refractivity contribution in [2.45, 2.75) is 33.0 Å². The molecule has 0 amide bonds. The number of aryl methyl sites for hydroxylation is 2. The standard InChI is InChI=1S/C18H20O3/c1-13-8-9-16(14(2)10-13)11-17(18(19)20)21-12-15-6-4-3-5-7-15/h3-10,17H,11-12H2,1-2H3,(H,19,20)/t17-/m1/s1. The summed E-state index contributed by atoms with van der Waals surface area (Å²) in [6.45, 7) is 4.33. The monoisotopic (exact) mass is 284 g/mol. The number of benzene rings is 2. The molecule has 3 heteroatoms. The quantitative estimate of drug-likeness (QED) is 0.883. The fraction of sp³-hybridized carbons (Fsp3) is 0.278. The van der Waals surface area contributed by atoms with Crippen molar-refractivity contribution in [3.05, 3.63) is 70.8 Å². The van der Waals surface area contributed by atoms with Crippen molar-refractivity contribution in [3.8, 4) is 0 Å². The molecule has 0 aromatic heterocycles. The summed E-state index contributed by atoms with van der Waals surface area (Å²) < 4.78 is 5.58. The van der Waals surface area contributed by atoms with E-state index in [1.165, 1.54) is 5.56 Å². The molecule has 0 saturated heterocycles. The van der Waals surface area contributed by atoms with Gasteiger partial charge in [-0.05, 0) is 30.5 Å². The maximum Gasteiger partial charge on any atom is 0.333 e. The van der Waals surface area contributed by atoms with Crippen molar-refractivity contribution in [3.63, 3.8) is 0 Å². The number of hydrogen-bond acceptors (Lipinski definition) is 2. The summed E-state index contributed by atoms with van der Waals surface area (Å²) in [6, 6.07) is 15.6. The summed E-state index contributed by atoms with van der Waals surface area (Å²) >= 11 is 0. The molecule has 0 aliphatic heterocycles. The van der Waals surface area contributed by atoms with Crippen LogP contribution >= 0.6 is 0 Å². The third-order valence-corrected chi connectivity index (χ3v) is 3.47. The van der Waals surface area contributed by atoms with Crippen LogP contribution in [0.4, 0.5) is 0 Å². The van der Waals surface area contributed by atoms with E-state index in [1.807, 2.05) is 56.3 Å². The van der Waals surface area contributed by atoms with Crippen LogP contribution in [-0.4, -0.2) is 17.2 Å². The number of carboxylic acids is 1. The molecule has 1 atom stereocenters. The second kappa shape index (κ2) is 7.04. The molecule has 0 aliphatic carbocycles. The van der Waals surface area contributed by atoms with Crippen LogP contribution in [0.1, 0.15) is 22.3 Å². The van der Waals surface area contributed by atoms with Gasteiger partial charge in [-0.15, -0.1) is 0 Å². The van der Waals surface area contributed by atoms with Crippen LogP contribution in [0.25, 0.3) is 0 Å². The zero-order valence-electron chi connectivity index (χ0n) is 12.4.